The van der Waals surface area contributed by atoms with Crippen LogP contribution < -0.4 is 10.6 Å². The number of hydrogen-bond acceptors (Lipinski definition) is 1. The van der Waals surface area contributed by atoms with Gasteiger partial charge in [0.15, 0.2) is 5.78 Å². The number of benzene rings is 3. The lowest BCUT2D eigenvalue weighted by molar-refractivity contribution is 0.102. The maximum Gasteiger partial charge on any atom is 0.167 e. The number of Topliss-reactive ketones (excluding diaryl/α,β-unsaturated/α-hetero) is 1. The minimum Gasteiger partial charge on any atom is -0.294 e. The first kappa shape index (κ1) is 20.5. The minimum atomic E-state index is -0.772. The molecule has 0 radical (unpaired) electrons. The molecule has 3 aromatic carbocycles. The Hall–Kier alpha value is -2.24. The Morgan fingerprint density at radius 2 is 1.07 bits per heavy atom. The Bertz CT molecular complexity index is 914. The van der Waals surface area contributed by atoms with E-state index in [1.165, 1.54) is 44.0 Å². The van der Waals surface area contributed by atoms with Crippen LogP contribution in [-0.4, -0.2) is 11.9 Å². The van der Waals surface area contributed by atoms with Crippen molar-refractivity contribution >= 4 is 24.3 Å². The molecule has 0 saturated heterocycles. The van der Waals surface area contributed by atoms with Gasteiger partial charge in [-0.25, -0.2) is 0 Å². The maximum atomic E-state index is 13.2. The number of carbonyl (C=O) groups is 1. The van der Waals surface area contributed by atoms with Gasteiger partial charge in [0.1, 0.15) is 0 Å². The lowest BCUT2D eigenvalue weighted by Gasteiger charge is -2.26. The SMILES string of the molecule is Cc1cc(C)c(P(CC(=O)c2ccccc2)c2c(C)cc(C)cc2C)c(C)c1. The van der Waals surface area contributed by atoms with Crippen molar-refractivity contribution in [1.29, 1.82) is 0 Å². The van der Waals surface area contributed by atoms with Gasteiger partial charge in [0.25, 0.3) is 0 Å². The Morgan fingerprint density at radius 3 is 1.46 bits per heavy atom. The summed E-state index contributed by atoms with van der Waals surface area (Å²) in [7, 11) is -0.772. The topological polar surface area (TPSA) is 17.1 Å². The summed E-state index contributed by atoms with van der Waals surface area (Å²) in [5.74, 6) is 0.227. The molecule has 0 unspecified atom stereocenters. The van der Waals surface area contributed by atoms with Gasteiger partial charge in [-0.3, -0.25) is 4.79 Å². The molecule has 0 bridgehead atoms. The lowest BCUT2D eigenvalue weighted by Crippen LogP contribution is -2.26. The van der Waals surface area contributed by atoms with E-state index in [-0.39, 0.29) is 5.78 Å². The van der Waals surface area contributed by atoms with Crippen LogP contribution in [0.5, 0.6) is 0 Å². The van der Waals surface area contributed by atoms with Crippen LogP contribution in [0.15, 0.2) is 54.6 Å². The standard InChI is InChI=1S/C26H29OP/c1-17-12-19(3)25(20(4)13-17)28(16-24(27)23-10-8-7-9-11-23)26-21(5)14-18(2)15-22(26)6/h7-15H,16H2,1-6H3. The molecule has 0 aromatic heterocycles. The summed E-state index contributed by atoms with van der Waals surface area (Å²) >= 11 is 0. The Morgan fingerprint density at radius 1 is 0.679 bits per heavy atom. The minimum absolute atomic E-state index is 0.227. The van der Waals surface area contributed by atoms with E-state index >= 15 is 0 Å². The molecule has 0 spiro atoms. The Kier molecular flexibility index (Phi) is 6.16. The third kappa shape index (κ3) is 4.26. The smallest absolute Gasteiger partial charge is 0.167 e. The van der Waals surface area contributed by atoms with Crippen molar-refractivity contribution in [2.45, 2.75) is 41.5 Å². The summed E-state index contributed by atoms with van der Waals surface area (Å²) in [6.45, 7) is 13.0. The van der Waals surface area contributed by atoms with Gasteiger partial charge >= 0.3 is 0 Å². The molecule has 2 heteroatoms. The monoisotopic (exact) mass is 388 g/mol. The van der Waals surface area contributed by atoms with Gasteiger partial charge in [0.2, 0.25) is 0 Å². The van der Waals surface area contributed by atoms with Crippen molar-refractivity contribution in [2.24, 2.45) is 0 Å². The molecule has 0 amide bonds. The predicted octanol–water partition coefficient (Wildman–Crippen LogP) is 5.85. The van der Waals surface area contributed by atoms with Crippen molar-refractivity contribution in [2.75, 3.05) is 6.16 Å². The quantitative estimate of drug-likeness (QED) is 0.396. The third-order valence-electron chi connectivity index (χ3n) is 5.21. The largest absolute Gasteiger partial charge is 0.294 e. The number of ketones is 1. The van der Waals surface area contributed by atoms with Crippen LogP contribution in [0.1, 0.15) is 43.7 Å². The molecule has 0 saturated carbocycles. The molecule has 0 heterocycles. The van der Waals surface area contributed by atoms with Crippen molar-refractivity contribution in [3.05, 3.63) is 93.5 Å². The molecule has 3 rings (SSSR count). The third-order valence-corrected chi connectivity index (χ3v) is 8.30. The first-order valence-electron chi connectivity index (χ1n) is 9.79. The normalized spacial score (nSPS) is 11.1. The molecule has 0 N–H and O–H groups in total. The molecular weight excluding hydrogens is 359 g/mol. The zero-order valence-electron chi connectivity index (χ0n) is 17.8. The molecule has 0 aliphatic rings. The van der Waals surface area contributed by atoms with Crippen molar-refractivity contribution in [3.63, 3.8) is 0 Å². The average molecular weight is 388 g/mol. The summed E-state index contributed by atoms with van der Waals surface area (Å²) in [5.41, 5.74) is 8.54. The van der Waals surface area contributed by atoms with Gasteiger partial charge < -0.3 is 0 Å². The molecule has 0 aliphatic heterocycles. The van der Waals surface area contributed by atoms with E-state index in [2.05, 4.69) is 65.8 Å². The van der Waals surface area contributed by atoms with Gasteiger partial charge in [0.05, 0.1) is 0 Å². The van der Waals surface area contributed by atoms with Crippen LogP contribution in [-0.2, 0) is 0 Å². The molecular formula is C26H29OP. The number of rotatable bonds is 5. The number of hydrogen-bond donors (Lipinski definition) is 0. The highest BCUT2D eigenvalue weighted by Crippen LogP contribution is 2.39. The molecule has 1 nitrogen and oxygen atoms in total. The highest BCUT2D eigenvalue weighted by molar-refractivity contribution is 7.74. The van der Waals surface area contributed by atoms with E-state index in [1.807, 2.05) is 30.3 Å². The summed E-state index contributed by atoms with van der Waals surface area (Å²) in [5, 5.41) is 2.72. The van der Waals surface area contributed by atoms with Crippen LogP contribution in [0.3, 0.4) is 0 Å². The van der Waals surface area contributed by atoms with E-state index in [0.29, 0.717) is 6.16 Å². The fraction of sp³-hybridized carbons (Fsp3) is 0.269. The number of aryl methyl sites for hydroxylation is 6. The predicted molar refractivity (Wildman–Crippen MR) is 123 cm³/mol. The molecule has 3 aromatic rings. The van der Waals surface area contributed by atoms with Gasteiger partial charge in [0, 0.05) is 11.7 Å². The van der Waals surface area contributed by atoms with E-state index in [9.17, 15) is 4.79 Å². The summed E-state index contributed by atoms with van der Waals surface area (Å²) in [6, 6.07) is 18.7. The highest BCUT2D eigenvalue weighted by Gasteiger charge is 2.25. The second-order valence-electron chi connectivity index (χ2n) is 7.87. The summed E-state index contributed by atoms with van der Waals surface area (Å²) < 4.78 is 0. The van der Waals surface area contributed by atoms with E-state index in [1.54, 1.807) is 0 Å². The van der Waals surface area contributed by atoms with E-state index in [4.69, 9.17) is 0 Å². The van der Waals surface area contributed by atoms with E-state index in [0.717, 1.165) is 5.56 Å². The van der Waals surface area contributed by atoms with Crippen LogP contribution in [0.25, 0.3) is 0 Å². The molecule has 28 heavy (non-hydrogen) atoms. The van der Waals surface area contributed by atoms with Crippen LogP contribution in [0.4, 0.5) is 0 Å². The van der Waals surface area contributed by atoms with E-state index < -0.39 is 7.92 Å². The summed E-state index contributed by atoms with van der Waals surface area (Å²) in [6.07, 6.45) is 0.550. The highest BCUT2D eigenvalue weighted by atomic mass is 31.1. The second-order valence-corrected chi connectivity index (χ2v) is 9.94. The Labute approximate surface area is 170 Å². The maximum absolute atomic E-state index is 13.2. The Balaban J connectivity index is 2.17. The molecule has 144 valence electrons. The van der Waals surface area contributed by atoms with Gasteiger partial charge in [-0.15, -0.1) is 0 Å². The first-order chi connectivity index (χ1) is 13.3. The zero-order valence-corrected chi connectivity index (χ0v) is 18.7. The van der Waals surface area contributed by atoms with Crippen molar-refractivity contribution in [3.8, 4) is 0 Å². The lowest BCUT2D eigenvalue weighted by atomic mass is 10.1. The van der Waals surface area contributed by atoms with Gasteiger partial charge in [-0.1, -0.05) is 65.7 Å². The van der Waals surface area contributed by atoms with Gasteiger partial charge in [-0.2, -0.15) is 0 Å². The van der Waals surface area contributed by atoms with Crippen LogP contribution in [0.2, 0.25) is 0 Å². The van der Waals surface area contributed by atoms with Crippen molar-refractivity contribution in [1.82, 2.24) is 0 Å². The zero-order chi connectivity index (χ0) is 20.4. The summed E-state index contributed by atoms with van der Waals surface area (Å²) in [4.78, 5) is 13.2. The van der Waals surface area contributed by atoms with Crippen LogP contribution in [0, 0.1) is 41.5 Å². The average Bonchev–Trinajstić information content (AvgIpc) is 2.60. The van der Waals surface area contributed by atoms with Gasteiger partial charge in [-0.05, 0) is 82.3 Å². The fourth-order valence-electron chi connectivity index (χ4n) is 4.33. The second kappa shape index (κ2) is 8.41. The fourth-order valence-corrected chi connectivity index (χ4v) is 7.30. The molecule has 0 atom stereocenters. The first-order valence-corrected chi connectivity index (χ1v) is 11.3. The molecule has 0 aliphatic carbocycles. The van der Waals surface area contributed by atoms with Crippen LogP contribution >= 0.6 is 7.92 Å². The number of carbonyl (C=O) groups excluding carboxylic acids is 1. The molecule has 0 fully saturated rings. The van der Waals surface area contributed by atoms with Crippen molar-refractivity contribution < 1.29 is 4.79 Å².